The van der Waals surface area contributed by atoms with Gasteiger partial charge in [0.05, 0.1) is 0 Å². The fourth-order valence-electron chi connectivity index (χ4n) is 6.90. The number of fused-ring (bicyclic) bond motifs is 4. The zero-order valence-electron chi connectivity index (χ0n) is 20.4. The van der Waals surface area contributed by atoms with Crippen LogP contribution in [0.25, 0.3) is 28.1 Å². The van der Waals surface area contributed by atoms with E-state index >= 15 is 0 Å². The van der Waals surface area contributed by atoms with E-state index in [0.29, 0.717) is 0 Å². The average molecular weight is 583 g/mol. The van der Waals surface area contributed by atoms with Gasteiger partial charge in [-0.05, 0) is 0 Å². The molecule has 0 nitrogen and oxygen atoms in total. The van der Waals surface area contributed by atoms with E-state index in [-0.39, 0.29) is 24.8 Å². The number of hydrogen-bond donors (Lipinski definition) is 0. The largest absolute Gasteiger partial charge is 0.147 e. The average Bonchev–Trinajstić information content (AvgIpc) is 3.25. The van der Waals surface area contributed by atoms with Gasteiger partial charge in [-0.25, -0.2) is 0 Å². The third kappa shape index (κ3) is 3.73. The van der Waals surface area contributed by atoms with Crippen molar-refractivity contribution in [2.45, 2.75) is 36.0 Å². The molecule has 0 aromatic heterocycles. The normalized spacial score (nSPS) is 15.3. The molecule has 0 bridgehead atoms. The van der Waals surface area contributed by atoms with Gasteiger partial charge in [0.2, 0.25) is 0 Å². The summed E-state index contributed by atoms with van der Waals surface area (Å²) < 4.78 is 8.85. The van der Waals surface area contributed by atoms with Crippen LogP contribution in [0.4, 0.5) is 0 Å². The topological polar surface area (TPSA) is 0 Å². The van der Waals surface area contributed by atoms with Gasteiger partial charge in [0.1, 0.15) is 0 Å². The zero-order valence-corrected chi connectivity index (χ0v) is 25.9. The van der Waals surface area contributed by atoms with Crippen molar-refractivity contribution in [1.29, 1.82) is 0 Å². The molecule has 6 rings (SSSR count). The van der Waals surface area contributed by atoms with E-state index in [4.69, 9.17) is 0 Å². The minimum Gasteiger partial charge on any atom is -0.147 e. The van der Waals surface area contributed by atoms with Crippen LogP contribution in [0, 0.1) is 0 Å². The molecule has 4 aromatic carbocycles. The molecule has 0 unspecified atom stereocenters. The number of rotatable bonds is 2. The Balaban J connectivity index is 0.00000137. The van der Waals surface area contributed by atoms with Gasteiger partial charge in [0.25, 0.3) is 0 Å². The molecular weight excluding hydrogens is 551 g/mol. The van der Waals surface area contributed by atoms with Crippen molar-refractivity contribution in [2.75, 3.05) is 0 Å². The number of allylic oxidation sites excluding steroid dienone is 2. The standard InChI is InChI=1S/2C14H11.2CH3.2ClH.H2Si.Zr/c2*1-10-6-13-8-11-4-2-3-5-12(11)9-14(13)7-10;;;;;;/h2*2-5,8-9H,6H2,1H3;2*1H3;2*1H;1H2;. The molecule has 0 heterocycles. The fraction of sp³-hybridized carbons (Fsp3) is 0.200. The molecule has 0 aliphatic heterocycles. The van der Waals surface area contributed by atoms with Crippen LogP contribution in [-0.4, -0.2) is 6.88 Å². The first-order chi connectivity index (χ1) is 15.2. The van der Waals surface area contributed by atoms with E-state index in [1.165, 1.54) is 32.7 Å². The van der Waals surface area contributed by atoms with Gasteiger partial charge < -0.3 is 0 Å². The number of benzene rings is 4. The van der Waals surface area contributed by atoms with Gasteiger partial charge in [-0.1, -0.05) is 0 Å². The van der Waals surface area contributed by atoms with Crippen LogP contribution in [-0.2, 0) is 30.2 Å². The monoisotopic (exact) mass is 580 g/mol. The summed E-state index contributed by atoms with van der Waals surface area (Å²) in [7, 11) is 0. The van der Waals surface area contributed by atoms with Crippen molar-refractivity contribution in [1.82, 2.24) is 0 Å². The van der Waals surface area contributed by atoms with Gasteiger partial charge in [-0.3, -0.25) is 0 Å². The first-order valence-electron chi connectivity index (χ1n) is 11.7. The summed E-state index contributed by atoms with van der Waals surface area (Å²) in [6.45, 7) is 7.20. The molecular formula is C30H32Cl2SiZr. The Labute approximate surface area is 217 Å². The molecule has 34 heavy (non-hydrogen) atoms. The SMILES string of the molecule is CC1=[C]([Zr]([CH3])([CH3])(=[SiH2])[C]2=C(C)Cc3cc4ccccc4cc32)c2cc3ccccc3cc2C1.Cl.Cl. The van der Waals surface area contributed by atoms with Gasteiger partial charge in [0.15, 0.2) is 0 Å². The van der Waals surface area contributed by atoms with Gasteiger partial charge in [-0.2, -0.15) is 0 Å². The molecule has 0 saturated heterocycles. The van der Waals surface area contributed by atoms with Crippen LogP contribution in [0.3, 0.4) is 0 Å². The predicted molar refractivity (Wildman–Crippen MR) is 155 cm³/mol. The molecule has 4 aromatic rings. The first-order valence-corrected chi connectivity index (χ1v) is 25.0. The van der Waals surface area contributed by atoms with E-state index in [1.807, 2.05) is 0 Å². The Morgan fingerprint density at radius 2 is 0.912 bits per heavy atom. The molecule has 0 fully saturated rings. The summed E-state index contributed by atoms with van der Waals surface area (Å²) in [5, 5.41) is 5.48. The van der Waals surface area contributed by atoms with Crippen LogP contribution in [0.1, 0.15) is 36.1 Å². The van der Waals surface area contributed by atoms with Crippen molar-refractivity contribution in [3.8, 4) is 0 Å². The van der Waals surface area contributed by atoms with Gasteiger partial charge >= 0.3 is 195 Å². The van der Waals surface area contributed by atoms with Crippen LogP contribution in [0.5, 0.6) is 0 Å². The second kappa shape index (κ2) is 8.59. The summed E-state index contributed by atoms with van der Waals surface area (Å²) in [4.78, 5) is 0. The number of halogens is 2. The maximum absolute atomic E-state index is 3.49. The summed E-state index contributed by atoms with van der Waals surface area (Å²) in [5.74, 6) is 0. The molecule has 174 valence electrons. The second-order valence-corrected chi connectivity index (χ2v) is 39.3. The molecule has 0 spiro atoms. The summed E-state index contributed by atoms with van der Waals surface area (Å²) in [6, 6.07) is 27.6. The van der Waals surface area contributed by atoms with E-state index < -0.39 is 17.4 Å². The Morgan fingerprint density at radius 1 is 0.588 bits per heavy atom. The smallest absolute Gasteiger partial charge is 0.147 e. The molecule has 2 aliphatic rings. The minimum atomic E-state index is -3.49. The molecule has 0 atom stereocenters. The Morgan fingerprint density at radius 3 is 1.26 bits per heavy atom. The molecule has 4 heteroatoms. The molecule has 0 saturated carbocycles. The van der Waals surface area contributed by atoms with Gasteiger partial charge in [-0.15, -0.1) is 24.8 Å². The van der Waals surface area contributed by atoms with Crippen LogP contribution < -0.4 is 0 Å². The zero-order chi connectivity index (χ0) is 22.3. The van der Waals surface area contributed by atoms with Crippen molar-refractivity contribution in [3.05, 3.63) is 106 Å². The van der Waals surface area contributed by atoms with Crippen LogP contribution in [0.2, 0.25) is 9.26 Å². The van der Waals surface area contributed by atoms with Crippen LogP contribution in [0.15, 0.2) is 83.9 Å². The minimum absolute atomic E-state index is 0. The van der Waals surface area contributed by atoms with Crippen molar-refractivity contribution < 1.29 is 17.4 Å². The molecule has 2 aliphatic carbocycles. The third-order valence-electron chi connectivity index (χ3n) is 7.85. The Kier molecular flexibility index (Phi) is 6.48. The quantitative estimate of drug-likeness (QED) is 0.208. The fourth-order valence-corrected chi connectivity index (χ4v) is 25.9. The molecule has 0 radical (unpaired) electrons. The van der Waals surface area contributed by atoms with E-state index in [0.717, 1.165) is 12.8 Å². The van der Waals surface area contributed by atoms with Crippen LogP contribution >= 0.6 is 24.8 Å². The number of hydrogen-bond acceptors (Lipinski definition) is 0. The maximum Gasteiger partial charge on any atom is -0.147 e. The predicted octanol–water partition coefficient (Wildman–Crippen LogP) is 8.44. The van der Waals surface area contributed by atoms with Gasteiger partial charge in [0, 0.05) is 0 Å². The van der Waals surface area contributed by atoms with Crippen molar-refractivity contribution >= 4 is 59.8 Å². The van der Waals surface area contributed by atoms with E-state index in [1.54, 1.807) is 28.8 Å². The Bertz CT molecular complexity index is 1500. The summed E-state index contributed by atoms with van der Waals surface area (Å²) >= 11 is -3.49. The summed E-state index contributed by atoms with van der Waals surface area (Å²) in [5.41, 5.74) is 9.36. The second-order valence-electron chi connectivity index (χ2n) is 11.1. The maximum atomic E-state index is 2.69. The van der Waals surface area contributed by atoms with E-state index in [2.05, 4.69) is 103 Å². The third-order valence-corrected chi connectivity index (χ3v) is 23.3. The van der Waals surface area contributed by atoms with E-state index in [9.17, 15) is 0 Å². The Hall–Kier alpha value is -1.44. The summed E-state index contributed by atoms with van der Waals surface area (Å²) in [6.07, 6.45) is 2.21. The first kappa shape index (κ1) is 25.6. The van der Waals surface area contributed by atoms with Crippen molar-refractivity contribution in [3.63, 3.8) is 0 Å². The van der Waals surface area contributed by atoms with Crippen molar-refractivity contribution in [2.24, 2.45) is 0 Å². The molecule has 0 amide bonds. The molecule has 0 N–H and O–H groups in total.